The first-order valence-corrected chi connectivity index (χ1v) is 9.08. The zero-order chi connectivity index (χ0) is 21.5. The largest absolute Gasteiger partial charge is 0.464 e. The molecule has 0 atom stereocenters. The number of methoxy groups -OCH3 is 2. The molecule has 2 N–H and O–H groups in total. The molecule has 8 heteroatoms. The van der Waals surface area contributed by atoms with E-state index in [9.17, 15) is 19.2 Å². The number of nitrogens with one attached hydrogen (secondary N) is 2. The van der Waals surface area contributed by atoms with Crippen molar-refractivity contribution < 1.29 is 19.1 Å². The molecule has 0 fully saturated rings. The minimum Gasteiger partial charge on any atom is -0.464 e. The summed E-state index contributed by atoms with van der Waals surface area (Å²) < 4.78 is 9.42. The molecule has 2 heterocycles. The summed E-state index contributed by atoms with van der Waals surface area (Å²) in [5.74, 6) is -1.40. The molecule has 8 nitrogen and oxygen atoms in total. The first kappa shape index (κ1) is 20.3. The summed E-state index contributed by atoms with van der Waals surface area (Å²) in [7, 11) is 2.42. The Kier molecular flexibility index (Phi) is 5.04. The molecule has 29 heavy (non-hydrogen) atoms. The van der Waals surface area contributed by atoms with Gasteiger partial charge < -0.3 is 19.4 Å². The Morgan fingerprint density at radius 1 is 0.897 bits per heavy atom. The van der Waals surface area contributed by atoms with E-state index in [1.54, 1.807) is 6.07 Å². The number of H-pyrrole nitrogens is 2. The Bertz CT molecular complexity index is 1270. The van der Waals surface area contributed by atoms with Gasteiger partial charge in [-0.05, 0) is 23.5 Å². The molecule has 0 saturated carbocycles. The van der Waals surface area contributed by atoms with Crippen LogP contribution < -0.4 is 10.9 Å². The number of benzene rings is 1. The lowest BCUT2D eigenvalue weighted by Gasteiger charge is -2.25. The number of pyridine rings is 2. The Morgan fingerprint density at radius 3 is 1.93 bits per heavy atom. The summed E-state index contributed by atoms with van der Waals surface area (Å²) >= 11 is 0. The topological polar surface area (TPSA) is 118 Å². The number of carbonyl (C=O) groups excluding carboxylic acids is 2. The summed E-state index contributed by atoms with van der Waals surface area (Å²) in [4.78, 5) is 55.6. The van der Waals surface area contributed by atoms with Crippen LogP contribution in [0.25, 0.3) is 21.8 Å². The number of aromatic nitrogens is 2. The van der Waals surface area contributed by atoms with Crippen LogP contribution in [0, 0.1) is 0 Å². The Hall–Kier alpha value is -3.42. The molecule has 0 aliphatic carbocycles. The monoisotopic (exact) mass is 398 g/mol. The van der Waals surface area contributed by atoms with Gasteiger partial charge in [0, 0.05) is 17.5 Å². The van der Waals surface area contributed by atoms with Crippen molar-refractivity contribution in [2.24, 2.45) is 0 Å². The number of hydrogen-bond donors (Lipinski definition) is 2. The van der Waals surface area contributed by atoms with Gasteiger partial charge in [-0.15, -0.1) is 0 Å². The summed E-state index contributed by atoms with van der Waals surface area (Å²) in [6, 6.07) is 3.97. The van der Waals surface area contributed by atoms with Crippen LogP contribution in [0.15, 0.2) is 27.8 Å². The summed E-state index contributed by atoms with van der Waals surface area (Å²) in [5.41, 5.74) is -0.0225. The number of fused-ring (bicyclic) bond motifs is 3. The Morgan fingerprint density at radius 2 is 1.41 bits per heavy atom. The van der Waals surface area contributed by atoms with Gasteiger partial charge in [-0.3, -0.25) is 9.59 Å². The molecule has 0 aliphatic rings. The van der Waals surface area contributed by atoms with Crippen LogP contribution >= 0.6 is 0 Å². The van der Waals surface area contributed by atoms with Crippen molar-refractivity contribution in [3.63, 3.8) is 0 Å². The number of aromatic amines is 2. The maximum atomic E-state index is 13.0. The molecule has 0 spiro atoms. The second kappa shape index (κ2) is 7.20. The minimum absolute atomic E-state index is 0.00368. The molecule has 2 aromatic heterocycles. The highest BCUT2D eigenvalue weighted by Gasteiger charge is 2.26. The Balaban J connectivity index is 2.59. The van der Waals surface area contributed by atoms with E-state index in [2.05, 4.69) is 14.7 Å². The number of esters is 2. The SMILES string of the molecule is CCC(C)(C)c1cc2c(=O)cc(C(=O)OC)[nH]c2c2c(=O)cc(C(=O)OC)[nH]c12. The lowest BCUT2D eigenvalue weighted by atomic mass is 9.80. The molecule has 0 unspecified atom stereocenters. The van der Waals surface area contributed by atoms with Gasteiger partial charge in [0.1, 0.15) is 11.4 Å². The van der Waals surface area contributed by atoms with E-state index in [1.807, 2.05) is 20.8 Å². The van der Waals surface area contributed by atoms with Gasteiger partial charge in [0.05, 0.1) is 30.6 Å². The zero-order valence-electron chi connectivity index (χ0n) is 16.9. The van der Waals surface area contributed by atoms with Gasteiger partial charge >= 0.3 is 11.9 Å². The number of ether oxygens (including phenoxy) is 2. The van der Waals surface area contributed by atoms with Crippen molar-refractivity contribution in [1.82, 2.24) is 9.97 Å². The second-order valence-corrected chi connectivity index (χ2v) is 7.41. The van der Waals surface area contributed by atoms with Gasteiger partial charge in [-0.25, -0.2) is 9.59 Å². The summed E-state index contributed by atoms with van der Waals surface area (Å²) in [6.45, 7) is 5.95. The first-order chi connectivity index (χ1) is 13.6. The van der Waals surface area contributed by atoms with E-state index >= 15 is 0 Å². The second-order valence-electron chi connectivity index (χ2n) is 7.41. The van der Waals surface area contributed by atoms with Crippen molar-refractivity contribution in [2.75, 3.05) is 14.2 Å². The molecule has 152 valence electrons. The fraction of sp³-hybridized carbons (Fsp3) is 0.333. The van der Waals surface area contributed by atoms with Gasteiger partial charge in [0.15, 0.2) is 10.9 Å². The quantitative estimate of drug-likeness (QED) is 0.515. The first-order valence-electron chi connectivity index (χ1n) is 9.08. The van der Waals surface area contributed by atoms with Crippen LogP contribution in [0.1, 0.15) is 53.7 Å². The summed E-state index contributed by atoms with van der Waals surface area (Å²) in [6.07, 6.45) is 0.718. The molecule has 0 amide bonds. The third-order valence-electron chi connectivity index (χ3n) is 5.33. The van der Waals surface area contributed by atoms with Crippen LogP contribution in [0.5, 0.6) is 0 Å². The van der Waals surface area contributed by atoms with Gasteiger partial charge in [-0.2, -0.15) is 0 Å². The molecular formula is C21H22N2O6. The fourth-order valence-electron chi connectivity index (χ4n) is 3.30. The van der Waals surface area contributed by atoms with Crippen molar-refractivity contribution >= 4 is 33.7 Å². The molecule has 1 aromatic carbocycles. The molecule has 3 rings (SSSR count). The zero-order valence-corrected chi connectivity index (χ0v) is 16.9. The number of rotatable bonds is 4. The minimum atomic E-state index is -0.724. The molecule has 0 radical (unpaired) electrons. The van der Waals surface area contributed by atoms with E-state index in [4.69, 9.17) is 4.74 Å². The lowest BCUT2D eigenvalue weighted by Crippen LogP contribution is -2.21. The lowest BCUT2D eigenvalue weighted by molar-refractivity contribution is 0.0586. The molecule has 0 aliphatic heterocycles. The van der Waals surface area contributed by atoms with Gasteiger partial charge in [0.2, 0.25) is 0 Å². The predicted molar refractivity (Wildman–Crippen MR) is 109 cm³/mol. The maximum absolute atomic E-state index is 13.0. The van der Waals surface area contributed by atoms with Crippen molar-refractivity contribution in [3.05, 3.63) is 55.6 Å². The highest BCUT2D eigenvalue weighted by molar-refractivity contribution is 6.07. The van der Waals surface area contributed by atoms with E-state index in [1.165, 1.54) is 14.2 Å². The number of carbonyl (C=O) groups is 2. The molecular weight excluding hydrogens is 376 g/mol. The molecule has 3 aromatic rings. The standard InChI is InChI=1S/C21H22N2O6/c1-6-21(2,3)11-7-10-14(24)8-12(19(26)28-4)22-17(10)16-15(25)9-13(20(27)29-5)23-18(11)16/h7-9H,6H2,1-5H3,(H,22,24)(H,23,25). The van der Waals surface area contributed by atoms with Gasteiger partial charge in [-0.1, -0.05) is 20.8 Å². The van der Waals surface area contributed by atoms with Crippen LogP contribution in [0.2, 0.25) is 0 Å². The highest BCUT2D eigenvalue weighted by atomic mass is 16.5. The van der Waals surface area contributed by atoms with Gasteiger partial charge in [0.25, 0.3) is 0 Å². The smallest absolute Gasteiger partial charge is 0.354 e. The van der Waals surface area contributed by atoms with Crippen molar-refractivity contribution in [3.8, 4) is 0 Å². The molecule has 0 bridgehead atoms. The van der Waals surface area contributed by atoms with Crippen molar-refractivity contribution in [2.45, 2.75) is 32.6 Å². The van der Waals surface area contributed by atoms with E-state index in [0.29, 0.717) is 11.1 Å². The fourth-order valence-corrected chi connectivity index (χ4v) is 3.30. The van der Waals surface area contributed by atoms with E-state index in [-0.39, 0.29) is 27.7 Å². The third kappa shape index (κ3) is 3.30. The van der Waals surface area contributed by atoms with Crippen LogP contribution in [0.3, 0.4) is 0 Å². The highest BCUT2D eigenvalue weighted by Crippen LogP contribution is 2.34. The summed E-state index contributed by atoms with van der Waals surface area (Å²) in [5, 5.41) is 0.465. The molecule has 0 saturated heterocycles. The number of hydrogen-bond acceptors (Lipinski definition) is 6. The van der Waals surface area contributed by atoms with Crippen molar-refractivity contribution in [1.29, 1.82) is 0 Å². The normalized spacial score (nSPS) is 11.6. The maximum Gasteiger partial charge on any atom is 0.354 e. The third-order valence-corrected chi connectivity index (χ3v) is 5.33. The van der Waals surface area contributed by atoms with E-state index in [0.717, 1.165) is 18.6 Å². The van der Waals surface area contributed by atoms with Crippen LogP contribution in [-0.2, 0) is 14.9 Å². The van der Waals surface area contributed by atoms with Crippen LogP contribution in [-0.4, -0.2) is 36.1 Å². The van der Waals surface area contributed by atoms with Crippen LogP contribution in [0.4, 0.5) is 0 Å². The Labute approximate surface area is 165 Å². The average Bonchev–Trinajstić information content (AvgIpc) is 2.71. The predicted octanol–water partition coefficient (Wildman–Crippen LogP) is 2.63. The van der Waals surface area contributed by atoms with E-state index < -0.39 is 28.2 Å². The average molecular weight is 398 g/mol.